The van der Waals surface area contributed by atoms with Crippen molar-refractivity contribution in [3.63, 3.8) is 0 Å². The third-order valence-corrected chi connectivity index (χ3v) is 5.04. The number of halogens is 4. The predicted molar refractivity (Wildman–Crippen MR) is 112 cm³/mol. The molecule has 1 aliphatic heterocycles. The minimum Gasteiger partial charge on any atom is -0.452 e. The van der Waals surface area contributed by atoms with Gasteiger partial charge >= 0.3 is 12.1 Å². The average molecular weight is 467 g/mol. The molecule has 0 aromatic heterocycles. The second-order valence-corrected chi connectivity index (χ2v) is 7.44. The number of alkyl halides is 3. The van der Waals surface area contributed by atoms with E-state index in [1.165, 1.54) is 17.9 Å². The zero-order chi connectivity index (χ0) is 23.6. The van der Waals surface area contributed by atoms with E-state index in [2.05, 4.69) is 11.9 Å². The van der Waals surface area contributed by atoms with Crippen molar-refractivity contribution >= 4 is 40.8 Å². The van der Waals surface area contributed by atoms with Crippen LogP contribution in [0.15, 0.2) is 49.0 Å². The molecule has 6 nitrogen and oxygen atoms in total. The van der Waals surface area contributed by atoms with Gasteiger partial charge in [-0.05, 0) is 31.2 Å². The molecule has 0 fully saturated rings. The Hall–Kier alpha value is -3.33. The van der Waals surface area contributed by atoms with Crippen LogP contribution in [0.3, 0.4) is 0 Å². The van der Waals surface area contributed by atoms with Gasteiger partial charge in [0.05, 0.1) is 17.7 Å². The van der Waals surface area contributed by atoms with E-state index < -0.39 is 35.4 Å². The lowest BCUT2D eigenvalue weighted by atomic mass is 10.1. The first-order chi connectivity index (χ1) is 15.0. The summed E-state index contributed by atoms with van der Waals surface area (Å²) in [6.07, 6.45) is -6.34. The molecular formula is C22H18ClF3N2O4. The largest absolute Gasteiger partial charge is 0.452 e. The maximum atomic E-state index is 13.2. The number of carbonyl (C=O) groups excluding carboxylic acids is 3. The Labute approximate surface area is 186 Å². The summed E-state index contributed by atoms with van der Waals surface area (Å²) in [5.74, 6) is -2.04. The normalized spacial score (nSPS) is 14.2. The molecule has 0 bridgehead atoms. The molecule has 10 heteroatoms. The Kier molecular flexibility index (Phi) is 6.59. The molecule has 168 valence electrons. The van der Waals surface area contributed by atoms with E-state index >= 15 is 0 Å². The molecule has 1 N–H and O–H groups in total. The summed E-state index contributed by atoms with van der Waals surface area (Å²) in [5, 5.41) is 1.96. The van der Waals surface area contributed by atoms with Crippen LogP contribution < -0.4 is 5.32 Å². The predicted octanol–water partition coefficient (Wildman–Crippen LogP) is 4.75. The zero-order valence-corrected chi connectivity index (χ0v) is 17.6. The second kappa shape index (κ2) is 9.04. The average Bonchev–Trinajstić information content (AvgIpc) is 2.97. The van der Waals surface area contributed by atoms with Crippen molar-refractivity contribution in [2.75, 3.05) is 11.9 Å². The van der Waals surface area contributed by atoms with Crippen molar-refractivity contribution in [1.82, 2.24) is 4.90 Å². The minimum atomic E-state index is -4.74. The monoisotopic (exact) mass is 466 g/mol. The van der Waals surface area contributed by atoms with Gasteiger partial charge in [-0.2, -0.15) is 13.2 Å². The van der Waals surface area contributed by atoms with Gasteiger partial charge in [0.25, 0.3) is 11.8 Å². The molecule has 3 rings (SSSR count). The smallest absolute Gasteiger partial charge is 0.418 e. The van der Waals surface area contributed by atoms with E-state index in [1.807, 2.05) is 0 Å². The molecule has 1 atom stereocenters. The molecule has 1 aliphatic rings. The van der Waals surface area contributed by atoms with Crippen LogP contribution in [0, 0.1) is 0 Å². The molecule has 0 aliphatic carbocycles. The molecule has 0 saturated heterocycles. The first-order valence-corrected chi connectivity index (χ1v) is 9.84. The molecule has 1 unspecified atom stereocenters. The molecule has 0 radical (unpaired) electrons. The molecule has 2 aromatic rings. The SMILES string of the molecule is C=C1c2ccccc2C(=O)N1CCC(=O)OC(C)C(=O)Nc1ccc(Cl)cc1C(F)(F)F. The Balaban J connectivity index is 1.57. The van der Waals surface area contributed by atoms with E-state index in [1.54, 1.807) is 24.3 Å². The highest BCUT2D eigenvalue weighted by molar-refractivity contribution is 6.30. The highest BCUT2D eigenvalue weighted by Gasteiger charge is 2.35. The lowest BCUT2D eigenvalue weighted by Gasteiger charge is -2.19. The number of nitrogens with zero attached hydrogens (tertiary/aromatic N) is 1. The van der Waals surface area contributed by atoms with Crippen molar-refractivity contribution in [2.24, 2.45) is 0 Å². The van der Waals surface area contributed by atoms with Crippen LogP contribution in [0.4, 0.5) is 18.9 Å². The topological polar surface area (TPSA) is 75.7 Å². The first kappa shape index (κ1) is 23.3. The van der Waals surface area contributed by atoms with Crippen LogP contribution in [0.25, 0.3) is 5.70 Å². The van der Waals surface area contributed by atoms with Gasteiger partial charge in [0.1, 0.15) is 0 Å². The maximum Gasteiger partial charge on any atom is 0.418 e. The lowest BCUT2D eigenvalue weighted by molar-refractivity contribution is -0.153. The Morgan fingerprint density at radius 3 is 2.47 bits per heavy atom. The number of hydrogen-bond donors (Lipinski definition) is 1. The Morgan fingerprint density at radius 2 is 1.84 bits per heavy atom. The highest BCUT2D eigenvalue weighted by Crippen LogP contribution is 2.36. The fraction of sp³-hybridized carbons (Fsp3) is 0.227. The molecule has 2 aromatic carbocycles. The van der Waals surface area contributed by atoms with E-state index in [0.29, 0.717) is 22.9 Å². The molecule has 32 heavy (non-hydrogen) atoms. The number of hydrogen-bond acceptors (Lipinski definition) is 4. The number of ether oxygens (including phenoxy) is 1. The van der Waals surface area contributed by atoms with Crippen LogP contribution >= 0.6 is 11.6 Å². The summed E-state index contributed by atoms with van der Waals surface area (Å²) in [4.78, 5) is 38.2. The Bertz CT molecular complexity index is 1070. The first-order valence-electron chi connectivity index (χ1n) is 9.46. The van der Waals surface area contributed by atoms with Crippen LogP contribution in [0.5, 0.6) is 0 Å². The van der Waals surface area contributed by atoms with Crippen LogP contribution in [-0.4, -0.2) is 35.3 Å². The van der Waals surface area contributed by atoms with Gasteiger partial charge < -0.3 is 15.0 Å². The minimum absolute atomic E-state index is 0.0189. The van der Waals surface area contributed by atoms with Gasteiger partial charge in [-0.15, -0.1) is 0 Å². The molecule has 0 saturated carbocycles. The highest BCUT2D eigenvalue weighted by atomic mass is 35.5. The lowest BCUT2D eigenvalue weighted by Crippen LogP contribution is -2.32. The van der Waals surface area contributed by atoms with Crippen molar-refractivity contribution in [2.45, 2.75) is 25.6 Å². The van der Waals surface area contributed by atoms with Crippen LogP contribution in [0.1, 0.15) is 34.8 Å². The number of amides is 2. The van der Waals surface area contributed by atoms with E-state index in [-0.39, 0.29) is 23.9 Å². The zero-order valence-electron chi connectivity index (χ0n) is 16.8. The van der Waals surface area contributed by atoms with Gasteiger partial charge in [-0.1, -0.05) is 36.4 Å². The summed E-state index contributed by atoms with van der Waals surface area (Å²) < 4.78 is 44.5. The number of carbonyl (C=O) groups is 3. The van der Waals surface area contributed by atoms with Crippen LogP contribution in [-0.2, 0) is 20.5 Å². The number of rotatable bonds is 6. The summed E-state index contributed by atoms with van der Waals surface area (Å²) >= 11 is 5.61. The molecule has 2 amide bonds. The van der Waals surface area contributed by atoms with E-state index in [9.17, 15) is 27.6 Å². The van der Waals surface area contributed by atoms with Gasteiger partial charge in [-0.25, -0.2) is 0 Å². The van der Waals surface area contributed by atoms with Gasteiger partial charge in [0.2, 0.25) is 0 Å². The Morgan fingerprint density at radius 1 is 1.19 bits per heavy atom. The van der Waals surface area contributed by atoms with Crippen molar-refractivity contribution in [3.05, 3.63) is 70.8 Å². The molecular weight excluding hydrogens is 449 g/mol. The third kappa shape index (κ3) is 4.94. The van der Waals surface area contributed by atoms with Gasteiger partial charge in [0, 0.05) is 28.4 Å². The standard InChI is InChI=1S/C22H18ClF3N2O4/c1-12-15-5-3-4-6-16(15)21(31)28(12)10-9-19(29)32-13(2)20(30)27-18-8-7-14(23)11-17(18)22(24,25)26/h3-8,11,13H,1,9-10H2,2H3,(H,27,30). The number of fused-ring (bicyclic) bond motifs is 1. The summed E-state index contributed by atoms with van der Waals surface area (Å²) in [6, 6.07) is 9.77. The quantitative estimate of drug-likeness (QED) is 0.624. The third-order valence-electron chi connectivity index (χ3n) is 4.80. The summed E-state index contributed by atoms with van der Waals surface area (Å²) in [7, 11) is 0. The second-order valence-electron chi connectivity index (χ2n) is 7.01. The number of esters is 1. The number of benzene rings is 2. The van der Waals surface area contributed by atoms with Crippen molar-refractivity contribution < 1.29 is 32.3 Å². The number of anilines is 1. The van der Waals surface area contributed by atoms with Crippen LogP contribution in [0.2, 0.25) is 5.02 Å². The summed E-state index contributed by atoms with van der Waals surface area (Å²) in [6.45, 7) is 5.07. The fourth-order valence-corrected chi connectivity index (χ4v) is 3.35. The van der Waals surface area contributed by atoms with E-state index in [4.69, 9.17) is 16.3 Å². The fourth-order valence-electron chi connectivity index (χ4n) is 3.18. The maximum absolute atomic E-state index is 13.2. The van der Waals surface area contributed by atoms with E-state index in [0.717, 1.165) is 6.07 Å². The summed E-state index contributed by atoms with van der Waals surface area (Å²) in [5.41, 5.74) is -0.0373. The molecule has 0 spiro atoms. The van der Waals surface area contributed by atoms with Gasteiger partial charge in [-0.3, -0.25) is 14.4 Å². The molecule has 1 heterocycles. The van der Waals surface area contributed by atoms with Gasteiger partial charge in [0.15, 0.2) is 6.10 Å². The van der Waals surface area contributed by atoms with Crippen molar-refractivity contribution in [3.8, 4) is 0 Å². The van der Waals surface area contributed by atoms with Crippen molar-refractivity contribution in [1.29, 1.82) is 0 Å². The number of nitrogens with one attached hydrogen (secondary N) is 1.